The number of amides is 2. The Hall–Kier alpha value is -2.11. The molecule has 0 aromatic heterocycles. The van der Waals surface area contributed by atoms with E-state index < -0.39 is 12.1 Å². The first-order chi connectivity index (χ1) is 8.99. The molecule has 5 nitrogen and oxygen atoms in total. The predicted molar refractivity (Wildman–Crippen MR) is 68.4 cm³/mol. The highest BCUT2D eigenvalue weighted by Gasteiger charge is 2.13. The number of hydrogen-bond acceptors (Lipinski definition) is 2. The van der Waals surface area contributed by atoms with Gasteiger partial charge >= 0.3 is 6.09 Å². The Balaban J connectivity index is 2.21. The van der Waals surface area contributed by atoms with Crippen LogP contribution in [-0.4, -0.2) is 29.7 Å². The second kappa shape index (κ2) is 7.35. The van der Waals surface area contributed by atoms with Gasteiger partial charge in [-0.3, -0.25) is 4.79 Å². The van der Waals surface area contributed by atoms with Gasteiger partial charge < -0.3 is 15.7 Å². The number of carbonyl (C=O) groups excluding carboxylic acids is 1. The third kappa shape index (κ3) is 5.85. The molecule has 0 saturated heterocycles. The fourth-order valence-corrected chi connectivity index (χ4v) is 1.56. The second-order valence-electron chi connectivity index (χ2n) is 4.19. The average Bonchev–Trinajstić information content (AvgIpc) is 2.35. The predicted octanol–water partition coefficient (Wildman–Crippen LogP) is 1.53. The van der Waals surface area contributed by atoms with Crippen LogP contribution in [0.5, 0.6) is 0 Å². The molecule has 0 radical (unpaired) electrons. The number of benzene rings is 1. The summed E-state index contributed by atoms with van der Waals surface area (Å²) in [5.41, 5.74) is 0.993. The van der Waals surface area contributed by atoms with E-state index in [-0.39, 0.29) is 11.7 Å². The first-order valence-electron chi connectivity index (χ1n) is 6.00. The van der Waals surface area contributed by atoms with Crippen LogP contribution in [0, 0.1) is 5.82 Å². The minimum atomic E-state index is -1.23. The third-order valence-electron chi connectivity index (χ3n) is 2.59. The highest BCUT2D eigenvalue weighted by Crippen LogP contribution is 2.04. The lowest BCUT2D eigenvalue weighted by Gasteiger charge is -2.11. The monoisotopic (exact) mass is 268 g/mol. The molecular weight excluding hydrogens is 251 g/mol. The molecule has 104 valence electrons. The lowest BCUT2D eigenvalue weighted by molar-refractivity contribution is -0.122. The molecule has 0 bridgehead atoms. The second-order valence-corrected chi connectivity index (χ2v) is 4.19. The molecular formula is C13H17FN2O3. The van der Waals surface area contributed by atoms with Crippen molar-refractivity contribution in [2.45, 2.75) is 25.8 Å². The summed E-state index contributed by atoms with van der Waals surface area (Å²) in [7, 11) is 0. The van der Waals surface area contributed by atoms with Gasteiger partial charge in [-0.1, -0.05) is 12.1 Å². The van der Waals surface area contributed by atoms with Gasteiger partial charge in [-0.15, -0.1) is 0 Å². The Labute approximate surface area is 110 Å². The van der Waals surface area contributed by atoms with E-state index in [0.717, 1.165) is 12.0 Å². The zero-order valence-electron chi connectivity index (χ0n) is 10.6. The van der Waals surface area contributed by atoms with Crippen molar-refractivity contribution in [2.75, 3.05) is 6.54 Å². The van der Waals surface area contributed by atoms with Gasteiger partial charge in [-0.25, -0.2) is 9.18 Å². The molecule has 1 aromatic carbocycles. The molecule has 19 heavy (non-hydrogen) atoms. The molecule has 0 spiro atoms. The molecule has 3 N–H and O–H groups in total. The number of carboxylic acid groups (broad SMARTS) is 1. The van der Waals surface area contributed by atoms with Crippen LogP contribution in [0.3, 0.4) is 0 Å². The summed E-state index contributed by atoms with van der Waals surface area (Å²) in [5.74, 6) is -0.632. The van der Waals surface area contributed by atoms with Crippen LogP contribution in [0.1, 0.15) is 18.9 Å². The number of aryl methyl sites for hydroxylation is 1. The van der Waals surface area contributed by atoms with E-state index in [0.29, 0.717) is 13.0 Å². The summed E-state index contributed by atoms with van der Waals surface area (Å²) in [5, 5.41) is 13.2. The highest BCUT2D eigenvalue weighted by atomic mass is 19.1. The van der Waals surface area contributed by atoms with Crippen molar-refractivity contribution in [3.05, 3.63) is 35.6 Å². The van der Waals surface area contributed by atoms with Crippen molar-refractivity contribution < 1.29 is 19.1 Å². The maximum absolute atomic E-state index is 12.7. The Bertz CT molecular complexity index is 434. The molecule has 1 atom stereocenters. The molecule has 0 heterocycles. The number of carbonyl (C=O) groups is 2. The van der Waals surface area contributed by atoms with E-state index in [1.807, 2.05) is 0 Å². The largest absolute Gasteiger partial charge is 0.465 e. The van der Waals surface area contributed by atoms with Gasteiger partial charge in [-0.05, 0) is 37.5 Å². The van der Waals surface area contributed by atoms with E-state index in [1.54, 1.807) is 12.1 Å². The first-order valence-corrected chi connectivity index (χ1v) is 6.00. The zero-order valence-corrected chi connectivity index (χ0v) is 10.6. The molecule has 0 saturated carbocycles. The van der Waals surface area contributed by atoms with E-state index in [2.05, 4.69) is 10.6 Å². The third-order valence-corrected chi connectivity index (χ3v) is 2.59. The van der Waals surface area contributed by atoms with Crippen LogP contribution in [0.25, 0.3) is 0 Å². The summed E-state index contributed by atoms with van der Waals surface area (Å²) >= 11 is 0. The van der Waals surface area contributed by atoms with Crippen molar-refractivity contribution in [3.63, 3.8) is 0 Å². The van der Waals surface area contributed by atoms with Crippen molar-refractivity contribution in [3.8, 4) is 0 Å². The molecule has 1 rings (SSSR count). The van der Waals surface area contributed by atoms with Crippen LogP contribution in [0.15, 0.2) is 24.3 Å². The fourth-order valence-electron chi connectivity index (χ4n) is 1.56. The summed E-state index contributed by atoms with van der Waals surface area (Å²) in [6.45, 7) is 1.92. The molecule has 0 aliphatic rings. The van der Waals surface area contributed by atoms with Crippen LogP contribution in [0.4, 0.5) is 9.18 Å². The summed E-state index contributed by atoms with van der Waals surface area (Å²) in [6, 6.07) is 5.42. The highest BCUT2D eigenvalue weighted by molar-refractivity contribution is 5.84. The van der Waals surface area contributed by atoms with Crippen LogP contribution in [0.2, 0.25) is 0 Å². The van der Waals surface area contributed by atoms with Crippen molar-refractivity contribution >= 4 is 12.0 Å². The Morgan fingerprint density at radius 2 is 1.95 bits per heavy atom. The molecule has 2 amide bonds. The summed E-state index contributed by atoms with van der Waals surface area (Å²) < 4.78 is 12.7. The molecule has 6 heteroatoms. The van der Waals surface area contributed by atoms with E-state index in [1.165, 1.54) is 19.1 Å². The van der Waals surface area contributed by atoms with Gasteiger partial charge in [0.05, 0.1) is 0 Å². The first kappa shape index (κ1) is 14.9. The molecule has 0 aliphatic carbocycles. The summed E-state index contributed by atoms with van der Waals surface area (Å²) in [6.07, 6.45) is 0.201. The quantitative estimate of drug-likeness (QED) is 0.685. The zero-order chi connectivity index (χ0) is 14.3. The Morgan fingerprint density at radius 1 is 1.32 bits per heavy atom. The number of hydrogen-bond donors (Lipinski definition) is 3. The van der Waals surface area contributed by atoms with Gasteiger partial charge in [0.15, 0.2) is 0 Å². The van der Waals surface area contributed by atoms with Crippen LogP contribution in [-0.2, 0) is 11.2 Å². The standard InChI is InChI=1S/C13H17FN2O3/c1-9(16-13(18)19)12(17)15-8-2-3-10-4-6-11(14)7-5-10/h4-7,9,16H,2-3,8H2,1H3,(H,15,17)(H,18,19)/t9-/m1/s1. The van der Waals surface area contributed by atoms with Crippen molar-refractivity contribution in [1.82, 2.24) is 10.6 Å². The smallest absolute Gasteiger partial charge is 0.405 e. The SMILES string of the molecule is C[C@@H](NC(=O)O)C(=O)NCCCc1ccc(F)cc1. The lowest BCUT2D eigenvalue weighted by atomic mass is 10.1. The molecule has 0 fully saturated rings. The van der Waals surface area contributed by atoms with E-state index in [9.17, 15) is 14.0 Å². The van der Waals surface area contributed by atoms with E-state index >= 15 is 0 Å². The van der Waals surface area contributed by atoms with Crippen molar-refractivity contribution in [2.24, 2.45) is 0 Å². The summed E-state index contributed by atoms with van der Waals surface area (Å²) in [4.78, 5) is 21.8. The van der Waals surface area contributed by atoms with Gasteiger partial charge in [-0.2, -0.15) is 0 Å². The van der Waals surface area contributed by atoms with Gasteiger partial charge in [0.25, 0.3) is 0 Å². The average molecular weight is 268 g/mol. The Morgan fingerprint density at radius 3 is 2.53 bits per heavy atom. The van der Waals surface area contributed by atoms with Crippen LogP contribution >= 0.6 is 0 Å². The fraction of sp³-hybridized carbons (Fsp3) is 0.385. The van der Waals surface area contributed by atoms with Crippen LogP contribution < -0.4 is 10.6 Å². The van der Waals surface area contributed by atoms with Gasteiger partial charge in [0.2, 0.25) is 5.91 Å². The number of nitrogens with one attached hydrogen (secondary N) is 2. The maximum Gasteiger partial charge on any atom is 0.405 e. The number of halogens is 1. The maximum atomic E-state index is 12.7. The van der Waals surface area contributed by atoms with Gasteiger partial charge in [0.1, 0.15) is 11.9 Å². The van der Waals surface area contributed by atoms with Crippen molar-refractivity contribution in [1.29, 1.82) is 0 Å². The molecule has 1 aromatic rings. The molecule has 0 unspecified atom stereocenters. The van der Waals surface area contributed by atoms with E-state index in [4.69, 9.17) is 5.11 Å². The topological polar surface area (TPSA) is 78.4 Å². The normalized spacial score (nSPS) is 11.7. The minimum absolute atomic E-state index is 0.273. The molecule has 0 aliphatic heterocycles. The minimum Gasteiger partial charge on any atom is -0.465 e. The lowest BCUT2D eigenvalue weighted by Crippen LogP contribution is -2.44. The van der Waals surface area contributed by atoms with Gasteiger partial charge in [0, 0.05) is 6.54 Å². The Kier molecular flexibility index (Phi) is 5.78. The number of rotatable bonds is 6.